The fourth-order valence-corrected chi connectivity index (χ4v) is 2.67. The summed E-state index contributed by atoms with van der Waals surface area (Å²) in [6, 6.07) is 7.40. The molecule has 0 aliphatic carbocycles. The molecule has 0 atom stereocenters. The zero-order valence-electron chi connectivity index (χ0n) is 12.1. The third-order valence-electron chi connectivity index (χ3n) is 3.73. The van der Waals surface area contributed by atoms with Crippen molar-refractivity contribution in [3.8, 4) is 11.4 Å². The van der Waals surface area contributed by atoms with E-state index in [9.17, 15) is 4.79 Å². The third-order valence-corrected chi connectivity index (χ3v) is 3.73. The Labute approximate surface area is 124 Å². The normalized spacial score (nSPS) is 11.4. The van der Waals surface area contributed by atoms with Crippen LogP contribution in [0.25, 0.3) is 27.9 Å². The van der Waals surface area contributed by atoms with Gasteiger partial charge in [0.1, 0.15) is 11.3 Å². The van der Waals surface area contributed by atoms with Crippen LogP contribution in [0.2, 0.25) is 0 Å². The number of hydrogen-bond donors (Lipinski definition) is 1. The van der Waals surface area contributed by atoms with E-state index in [0.29, 0.717) is 16.9 Å². The second-order valence-electron chi connectivity index (χ2n) is 5.00. The Bertz CT molecular complexity index is 1060. The molecular weight excluding hydrogens is 282 g/mol. The van der Waals surface area contributed by atoms with Gasteiger partial charge in [-0.1, -0.05) is 0 Å². The Morgan fingerprint density at radius 2 is 2.09 bits per heavy atom. The van der Waals surface area contributed by atoms with Crippen molar-refractivity contribution in [2.75, 3.05) is 7.11 Å². The van der Waals surface area contributed by atoms with Crippen LogP contribution >= 0.6 is 0 Å². The first-order chi connectivity index (χ1) is 10.7. The van der Waals surface area contributed by atoms with Crippen molar-refractivity contribution < 1.29 is 4.74 Å². The first-order valence-electron chi connectivity index (χ1n) is 6.74. The Balaban J connectivity index is 2.09. The molecule has 1 aromatic carbocycles. The van der Waals surface area contributed by atoms with Crippen molar-refractivity contribution in [1.82, 2.24) is 24.1 Å². The number of aromatic nitrogens is 5. The van der Waals surface area contributed by atoms with Crippen molar-refractivity contribution in [2.45, 2.75) is 0 Å². The van der Waals surface area contributed by atoms with Crippen molar-refractivity contribution in [3.63, 3.8) is 0 Å². The first-order valence-corrected chi connectivity index (χ1v) is 6.74. The molecule has 4 rings (SSSR count). The lowest BCUT2D eigenvalue weighted by Gasteiger charge is -2.07. The summed E-state index contributed by atoms with van der Waals surface area (Å²) in [5.41, 5.74) is 3.42. The summed E-state index contributed by atoms with van der Waals surface area (Å²) in [5.74, 6) is 0.591. The molecule has 1 N–H and O–H groups in total. The van der Waals surface area contributed by atoms with Gasteiger partial charge in [0.15, 0.2) is 5.65 Å². The minimum Gasteiger partial charge on any atom is -0.494 e. The van der Waals surface area contributed by atoms with Gasteiger partial charge in [0.25, 0.3) is 0 Å². The van der Waals surface area contributed by atoms with Crippen molar-refractivity contribution in [3.05, 3.63) is 47.3 Å². The van der Waals surface area contributed by atoms with Gasteiger partial charge in [-0.2, -0.15) is 0 Å². The molecule has 0 fully saturated rings. The fourth-order valence-electron chi connectivity index (χ4n) is 2.67. The highest BCUT2D eigenvalue weighted by molar-refractivity contribution is 5.83. The van der Waals surface area contributed by atoms with Gasteiger partial charge >= 0.3 is 5.69 Å². The summed E-state index contributed by atoms with van der Waals surface area (Å²) in [5, 5.41) is 0. The van der Waals surface area contributed by atoms with Crippen LogP contribution in [0.15, 0.2) is 41.6 Å². The molecule has 7 nitrogen and oxygen atoms in total. The van der Waals surface area contributed by atoms with E-state index >= 15 is 0 Å². The van der Waals surface area contributed by atoms with E-state index in [1.165, 1.54) is 0 Å². The zero-order valence-corrected chi connectivity index (χ0v) is 12.1. The fraction of sp³-hybridized carbons (Fsp3) is 0.133. The maximum absolute atomic E-state index is 12.4. The molecule has 3 aromatic heterocycles. The quantitative estimate of drug-likeness (QED) is 0.609. The minimum atomic E-state index is -0.256. The molecule has 110 valence electrons. The zero-order chi connectivity index (χ0) is 15.3. The smallest absolute Gasteiger partial charge is 0.332 e. The van der Waals surface area contributed by atoms with E-state index in [1.54, 1.807) is 30.3 Å². The maximum atomic E-state index is 12.4. The highest BCUT2D eigenvalue weighted by atomic mass is 16.5. The molecule has 0 amide bonds. The van der Waals surface area contributed by atoms with Crippen LogP contribution in [-0.4, -0.2) is 31.2 Å². The van der Waals surface area contributed by atoms with E-state index < -0.39 is 0 Å². The van der Waals surface area contributed by atoms with Crippen molar-refractivity contribution in [1.29, 1.82) is 0 Å². The van der Waals surface area contributed by atoms with Gasteiger partial charge in [-0.3, -0.25) is 9.55 Å². The van der Waals surface area contributed by atoms with Crippen LogP contribution in [0.4, 0.5) is 0 Å². The predicted octanol–water partition coefficient (Wildman–Crippen LogP) is 1.61. The number of imidazole rings is 2. The number of H-pyrrole nitrogens is 1. The SMILES string of the molecule is COc1ccnc2[nH]c(=O)n(-c3ccc4ncn(C)c4c3)c12. The number of methoxy groups -OCH3 is 1. The summed E-state index contributed by atoms with van der Waals surface area (Å²) in [6.45, 7) is 0. The molecule has 0 saturated carbocycles. The van der Waals surface area contributed by atoms with E-state index in [2.05, 4.69) is 15.0 Å². The average Bonchev–Trinajstić information content (AvgIpc) is 3.06. The van der Waals surface area contributed by atoms with Gasteiger partial charge in [-0.15, -0.1) is 0 Å². The van der Waals surface area contributed by atoms with Gasteiger partial charge in [-0.25, -0.2) is 14.8 Å². The second kappa shape index (κ2) is 4.45. The molecule has 0 aliphatic heterocycles. The second-order valence-corrected chi connectivity index (χ2v) is 5.00. The summed E-state index contributed by atoms with van der Waals surface area (Å²) in [7, 11) is 3.49. The summed E-state index contributed by atoms with van der Waals surface area (Å²) in [4.78, 5) is 23.6. The Kier molecular flexibility index (Phi) is 2.56. The number of benzene rings is 1. The van der Waals surface area contributed by atoms with Gasteiger partial charge in [-0.05, 0) is 18.2 Å². The molecule has 0 spiro atoms. The van der Waals surface area contributed by atoms with Crippen molar-refractivity contribution >= 4 is 22.2 Å². The van der Waals surface area contributed by atoms with E-state index in [0.717, 1.165) is 16.7 Å². The third kappa shape index (κ3) is 1.65. The lowest BCUT2D eigenvalue weighted by Crippen LogP contribution is -2.14. The highest BCUT2D eigenvalue weighted by Crippen LogP contribution is 2.25. The van der Waals surface area contributed by atoms with E-state index in [-0.39, 0.29) is 5.69 Å². The predicted molar refractivity (Wildman–Crippen MR) is 82.5 cm³/mol. The molecule has 4 aromatic rings. The number of aryl methyl sites for hydroxylation is 1. The molecule has 0 bridgehead atoms. The lowest BCUT2D eigenvalue weighted by molar-refractivity contribution is 0.418. The molecule has 22 heavy (non-hydrogen) atoms. The van der Waals surface area contributed by atoms with Gasteiger partial charge < -0.3 is 9.30 Å². The maximum Gasteiger partial charge on any atom is 0.332 e. The topological polar surface area (TPSA) is 77.7 Å². The van der Waals surface area contributed by atoms with Gasteiger partial charge in [0.05, 0.1) is 30.2 Å². The number of nitrogens with zero attached hydrogens (tertiary/aromatic N) is 4. The number of fused-ring (bicyclic) bond motifs is 2. The Hall–Kier alpha value is -3.09. The number of rotatable bonds is 2. The minimum absolute atomic E-state index is 0.256. The van der Waals surface area contributed by atoms with Gasteiger partial charge in [0.2, 0.25) is 0 Å². The van der Waals surface area contributed by atoms with Crippen LogP contribution < -0.4 is 10.4 Å². The van der Waals surface area contributed by atoms with E-state index in [1.807, 2.05) is 29.8 Å². The van der Waals surface area contributed by atoms with Crippen LogP contribution in [-0.2, 0) is 7.05 Å². The number of nitrogens with one attached hydrogen (secondary N) is 1. The summed E-state index contributed by atoms with van der Waals surface area (Å²) >= 11 is 0. The highest BCUT2D eigenvalue weighted by Gasteiger charge is 2.15. The largest absolute Gasteiger partial charge is 0.494 e. The molecular formula is C15H13N5O2. The number of hydrogen-bond acceptors (Lipinski definition) is 4. The first kappa shape index (κ1) is 12.6. The average molecular weight is 295 g/mol. The van der Waals surface area contributed by atoms with Crippen molar-refractivity contribution in [2.24, 2.45) is 7.05 Å². The Morgan fingerprint density at radius 3 is 2.91 bits per heavy atom. The molecule has 3 heterocycles. The number of aromatic amines is 1. The van der Waals surface area contributed by atoms with Crippen LogP contribution in [0.1, 0.15) is 0 Å². The molecule has 0 radical (unpaired) electrons. The lowest BCUT2D eigenvalue weighted by atomic mass is 10.2. The summed E-state index contributed by atoms with van der Waals surface area (Å²) in [6.07, 6.45) is 3.35. The van der Waals surface area contributed by atoms with Crippen LogP contribution in [0, 0.1) is 0 Å². The van der Waals surface area contributed by atoms with E-state index in [4.69, 9.17) is 4.74 Å². The molecule has 0 saturated heterocycles. The Morgan fingerprint density at radius 1 is 1.23 bits per heavy atom. The number of ether oxygens (including phenoxy) is 1. The summed E-state index contributed by atoms with van der Waals surface area (Å²) < 4.78 is 8.84. The van der Waals surface area contributed by atoms with Crippen LogP contribution in [0.3, 0.4) is 0 Å². The molecule has 0 aliphatic rings. The van der Waals surface area contributed by atoms with Crippen LogP contribution in [0.5, 0.6) is 5.75 Å². The monoisotopic (exact) mass is 295 g/mol. The molecule has 7 heteroatoms. The molecule has 0 unspecified atom stereocenters. The standard InChI is InChI=1S/C15H13N5O2/c1-19-8-17-10-4-3-9(7-11(10)19)20-13-12(22-2)5-6-16-14(13)18-15(20)21/h3-8H,1-2H3,(H,16,18,21). The van der Waals surface area contributed by atoms with Gasteiger partial charge in [0, 0.05) is 19.3 Å². The number of pyridine rings is 1.